The fraction of sp³-hybridized carbons (Fsp3) is 0.682. The van der Waals surface area contributed by atoms with Crippen LogP contribution in [0.3, 0.4) is 0 Å². The van der Waals surface area contributed by atoms with Crippen molar-refractivity contribution in [2.24, 2.45) is 0 Å². The lowest BCUT2D eigenvalue weighted by molar-refractivity contribution is 0.0577. The molecule has 0 aromatic carbocycles. The minimum Gasteiger partial charge on any atom is -0.389 e. The van der Waals surface area contributed by atoms with Crippen LogP contribution >= 0.6 is 0 Å². The lowest BCUT2D eigenvalue weighted by atomic mass is 10.1. The lowest BCUT2D eigenvalue weighted by Crippen LogP contribution is -2.46. The van der Waals surface area contributed by atoms with Gasteiger partial charge in [0.05, 0.1) is 29.3 Å². The van der Waals surface area contributed by atoms with Gasteiger partial charge in [0.2, 0.25) is 16.0 Å². The van der Waals surface area contributed by atoms with Crippen molar-refractivity contribution in [3.63, 3.8) is 0 Å². The summed E-state index contributed by atoms with van der Waals surface area (Å²) in [6.07, 6.45) is 7.56. The molecule has 33 heavy (non-hydrogen) atoms. The molecule has 0 bridgehead atoms. The maximum absolute atomic E-state index is 13.0. The number of anilines is 1. The van der Waals surface area contributed by atoms with Crippen LogP contribution in [-0.4, -0.2) is 92.6 Å². The van der Waals surface area contributed by atoms with E-state index in [4.69, 9.17) is 4.98 Å². The first-order valence-corrected chi connectivity index (χ1v) is 13.0. The monoisotopic (exact) mass is 477 g/mol. The second-order valence-electron chi connectivity index (χ2n) is 10.00. The third-order valence-corrected chi connectivity index (χ3v) is 8.66. The number of hydrogen-bond acceptors (Lipinski definition) is 8. The van der Waals surface area contributed by atoms with E-state index in [0.717, 1.165) is 36.2 Å². The summed E-state index contributed by atoms with van der Waals surface area (Å²) in [4.78, 5) is 11.2. The van der Waals surface area contributed by atoms with Crippen molar-refractivity contribution in [3.05, 3.63) is 24.2 Å². The van der Waals surface area contributed by atoms with Crippen molar-refractivity contribution in [2.45, 2.75) is 63.5 Å². The fourth-order valence-electron chi connectivity index (χ4n) is 4.56. The molecule has 10 nitrogen and oxygen atoms in total. The number of nitrogens with zero attached hydrogens (tertiary/aromatic N) is 6. The third kappa shape index (κ3) is 5.71. The molecule has 2 aromatic rings. The molecule has 182 valence electrons. The first-order valence-electron chi connectivity index (χ1n) is 11.5. The number of nitrogens with one attached hydrogen (secondary N) is 1. The Labute approximate surface area is 196 Å². The highest BCUT2D eigenvalue weighted by Gasteiger charge is 2.37. The van der Waals surface area contributed by atoms with Crippen molar-refractivity contribution >= 4 is 16.0 Å². The van der Waals surface area contributed by atoms with Crippen LogP contribution in [0.15, 0.2) is 18.6 Å². The molecule has 0 amide bonds. The van der Waals surface area contributed by atoms with Gasteiger partial charge in [0.15, 0.2) is 0 Å². The van der Waals surface area contributed by atoms with Crippen molar-refractivity contribution in [3.8, 4) is 11.3 Å². The number of piperidine rings is 1. The first kappa shape index (κ1) is 24.1. The fourth-order valence-corrected chi connectivity index (χ4v) is 6.55. The van der Waals surface area contributed by atoms with Crippen molar-refractivity contribution < 1.29 is 13.5 Å². The second-order valence-corrected chi connectivity index (χ2v) is 12.2. The molecule has 2 N–H and O–H groups in total. The van der Waals surface area contributed by atoms with Crippen LogP contribution < -0.4 is 5.32 Å². The summed E-state index contributed by atoms with van der Waals surface area (Å²) >= 11 is 0. The quantitative estimate of drug-likeness (QED) is 0.614. The van der Waals surface area contributed by atoms with Crippen LogP contribution in [0.25, 0.3) is 11.3 Å². The van der Waals surface area contributed by atoms with Gasteiger partial charge in [0, 0.05) is 43.6 Å². The molecule has 2 aliphatic rings. The minimum atomic E-state index is -3.24. The number of aromatic nitrogens is 4. The molecule has 0 saturated carbocycles. The Balaban J connectivity index is 1.39. The molecule has 2 aromatic heterocycles. The maximum Gasteiger partial charge on any atom is 0.223 e. The van der Waals surface area contributed by atoms with Gasteiger partial charge in [-0.1, -0.05) is 0 Å². The topological polar surface area (TPSA) is 116 Å². The standard InChI is InChI=1S/C22H35N7O3S/c1-16-11-23-21(26-20(16)17-12-24-28(13-17)15-22(2,3)30)25-18-5-9-29(10-6-18)33(31,32)19-7-8-27(4)14-19/h11-13,18-19,30H,5-10,14-15H2,1-4H3,(H,23,25,26). The Morgan fingerprint density at radius 1 is 1.18 bits per heavy atom. The predicted octanol–water partition coefficient (Wildman–Crippen LogP) is 1.33. The number of hydrogen-bond donors (Lipinski definition) is 2. The summed E-state index contributed by atoms with van der Waals surface area (Å²) in [7, 11) is -1.27. The number of aliphatic hydroxyl groups is 1. The summed E-state index contributed by atoms with van der Waals surface area (Å²) in [6.45, 7) is 8.32. The molecule has 11 heteroatoms. The van der Waals surface area contributed by atoms with Crippen molar-refractivity contribution in [1.82, 2.24) is 29.0 Å². The van der Waals surface area contributed by atoms with Gasteiger partial charge < -0.3 is 15.3 Å². The van der Waals surface area contributed by atoms with Crippen LogP contribution in [0.4, 0.5) is 5.95 Å². The van der Waals surface area contributed by atoms with Crippen LogP contribution in [0.1, 0.15) is 38.7 Å². The highest BCUT2D eigenvalue weighted by molar-refractivity contribution is 7.89. The summed E-state index contributed by atoms with van der Waals surface area (Å²) in [5, 5.41) is 17.5. The zero-order chi connectivity index (χ0) is 23.8. The molecule has 0 spiro atoms. The largest absolute Gasteiger partial charge is 0.389 e. The van der Waals surface area contributed by atoms with Gasteiger partial charge in [-0.05, 0) is 59.2 Å². The van der Waals surface area contributed by atoms with E-state index in [2.05, 4.69) is 20.3 Å². The Morgan fingerprint density at radius 2 is 1.91 bits per heavy atom. The summed E-state index contributed by atoms with van der Waals surface area (Å²) in [5.74, 6) is 0.532. The molecule has 2 aliphatic heterocycles. The number of likely N-dealkylation sites (tertiary alicyclic amines) is 1. The molecule has 1 unspecified atom stereocenters. The molecular weight excluding hydrogens is 442 g/mol. The highest BCUT2D eigenvalue weighted by atomic mass is 32.2. The minimum absolute atomic E-state index is 0.121. The predicted molar refractivity (Wildman–Crippen MR) is 127 cm³/mol. The molecule has 0 aliphatic carbocycles. The van der Waals surface area contributed by atoms with Gasteiger partial charge in [-0.15, -0.1) is 0 Å². The van der Waals surface area contributed by atoms with Gasteiger partial charge in [0.25, 0.3) is 0 Å². The number of aryl methyl sites for hydroxylation is 1. The third-order valence-electron chi connectivity index (χ3n) is 6.34. The maximum atomic E-state index is 13.0. The van der Waals surface area contributed by atoms with E-state index in [1.54, 1.807) is 35.2 Å². The normalized spacial score (nSPS) is 21.5. The molecule has 0 radical (unpaired) electrons. The van der Waals surface area contributed by atoms with Crippen molar-refractivity contribution in [1.29, 1.82) is 0 Å². The van der Waals surface area contributed by atoms with Crippen molar-refractivity contribution in [2.75, 3.05) is 38.5 Å². The van der Waals surface area contributed by atoms with Crippen LogP contribution in [-0.2, 0) is 16.6 Å². The molecular formula is C22H35N7O3S. The Kier molecular flexibility index (Phi) is 6.77. The average molecular weight is 478 g/mol. The molecule has 2 saturated heterocycles. The van der Waals surface area contributed by atoms with E-state index < -0.39 is 15.6 Å². The van der Waals surface area contributed by atoms with E-state index in [1.807, 2.05) is 20.2 Å². The van der Waals surface area contributed by atoms with E-state index >= 15 is 0 Å². The van der Waals surface area contributed by atoms with Gasteiger partial charge in [0.1, 0.15) is 0 Å². The summed E-state index contributed by atoms with van der Waals surface area (Å²) in [5.41, 5.74) is 1.74. The lowest BCUT2D eigenvalue weighted by Gasteiger charge is -2.33. The second kappa shape index (κ2) is 9.28. The van der Waals surface area contributed by atoms with Gasteiger partial charge in [-0.25, -0.2) is 22.7 Å². The van der Waals surface area contributed by atoms with Gasteiger partial charge in [-0.2, -0.15) is 5.10 Å². The van der Waals surface area contributed by atoms with E-state index in [-0.39, 0.29) is 11.3 Å². The Hall–Kier alpha value is -2.08. The van der Waals surface area contributed by atoms with E-state index in [1.165, 1.54) is 0 Å². The van der Waals surface area contributed by atoms with E-state index in [0.29, 0.717) is 38.5 Å². The zero-order valence-corrected chi connectivity index (χ0v) is 20.7. The van der Waals surface area contributed by atoms with Gasteiger partial charge in [-0.3, -0.25) is 4.68 Å². The highest BCUT2D eigenvalue weighted by Crippen LogP contribution is 2.25. The Morgan fingerprint density at radius 3 is 2.55 bits per heavy atom. The smallest absolute Gasteiger partial charge is 0.223 e. The van der Waals surface area contributed by atoms with Crippen LogP contribution in [0.5, 0.6) is 0 Å². The average Bonchev–Trinajstić information content (AvgIpc) is 3.38. The number of sulfonamides is 1. The Bertz CT molecular complexity index is 1070. The van der Waals surface area contributed by atoms with Gasteiger partial charge >= 0.3 is 0 Å². The molecule has 1 atom stereocenters. The molecule has 4 rings (SSSR count). The first-order chi connectivity index (χ1) is 15.5. The zero-order valence-electron chi connectivity index (χ0n) is 19.9. The SMILES string of the molecule is Cc1cnc(NC2CCN(S(=O)(=O)C3CCN(C)C3)CC2)nc1-c1cnn(CC(C)(C)O)c1. The summed E-state index contributed by atoms with van der Waals surface area (Å²) in [6, 6.07) is 0.121. The van der Waals surface area contributed by atoms with E-state index in [9.17, 15) is 13.5 Å². The molecule has 2 fully saturated rings. The van der Waals surface area contributed by atoms with Crippen LogP contribution in [0.2, 0.25) is 0 Å². The summed E-state index contributed by atoms with van der Waals surface area (Å²) < 4.78 is 29.3. The van der Waals surface area contributed by atoms with Crippen LogP contribution in [0, 0.1) is 6.92 Å². The number of rotatable bonds is 7. The molecule has 4 heterocycles.